The average molecular weight is 260 g/mol. The van der Waals surface area contributed by atoms with Gasteiger partial charge in [-0.05, 0) is 30.5 Å². The lowest BCUT2D eigenvalue weighted by molar-refractivity contribution is 0.320. The van der Waals surface area contributed by atoms with Crippen molar-refractivity contribution in [1.82, 2.24) is 19.7 Å². The number of aromatic nitrogens is 3. The van der Waals surface area contributed by atoms with Gasteiger partial charge in [-0.2, -0.15) is 5.10 Å². The fourth-order valence-corrected chi connectivity index (χ4v) is 2.50. The van der Waals surface area contributed by atoms with Gasteiger partial charge in [-0.1, -0.05) is 13.0 Å². The summed E-state index contributed by atoms with van der Waals surface area (Å²) < 4.78 is 14.3. The van der Waals surface area contributed by atoms with Gasteiger partial charge in [0.2, 0.25) is 0 Å². The van der Waals surface area contributed by atoms with Crippen LogP contribution < -0.4 is 0 Å². The molecular weight excluding hydrogens is 243 g/mol. The molecule has 3 heterocycles. The number of likely N-dealkylation sites (tertiary alicyclic amines) is 1. The Balaban J connectivity index is 1.69. The molecule has 3 rings (SSSR count). The number of pyridine rings is 1. The van der Waals surface area contributed by atoms with Crippen molar-refractivity contribution in [1.29, 1.82) is 0 Å². The SMILES string of the molecule is CC1CCN(Cc2ccc(-n3cc(F)cn3)nc2)C1. The molecule has 0 aliphatic carbocycles. The molecule has 1 aliphatic rings. The van der Waals surface area contributed by atoms with Crippen molar-refractivity contribution >= 4 is 0 Å². The molecule has 19 heavy (non-hydrogen) atoms. The Morgan fingerprint density at radius 3 is 2.84 bits per heavy atom. The van der Waals surface area contributed by atoms with E-state index in [0.717, 1.165) is 25.6 Å². The lowest BCUT2D eigenvalue weighted by atomic mass is 10.2. The summed E-state index contributed by atoms with van der Waals surface area (Å²) in [5.41, 5.74) is 1.19. The van der Waals surface area contributed by atoms with Crippen LogP contribution in [0.2, 0.25) is 0 Å². The van der Waals surface area contributed by atoms with E-state index in [-0.39, 0.29) is 5.82 Å². The lowest BCUT2D eigenvalue weighted by Crippen LogP contribution is -2.19. The zero-order valence-corrected chi connectivity index (χ0v) is 11.0. The summed E-state index contributed by atoms with van der Waals surface area (Å²) in [4.78, 5) is 6.77. The van der Waals surface area contributed by atoms with Crippen LogP contribution in [0.5, 0.6) is 0 Å². The molecule has 1 saturated heterocycles. The largest absolute Gasteiger partial charge is 0.299 e. The Bertz CT molecular complexity index is 549. The van der Waals surface area contributed by atoms with Gasteiger partial charge in [0.25, 0.3) is 0 Å². The monoisotopic (exact) mass is 260 g/mol. The van der Waals surface area contributed by atoms with Gasteiger partial charge in [-0.25, -0.2) is 14.1 Å². The number of hydrogen-bond acceptors (Lipinski definition) is 3. The van der Waals surface area contributed by atoms with Crippen molar-refractivity contribution in [2.24, 2.45) is 5.92 Å². The van der Waals surface area contributed by atoms with Gasteiger partial charge in [0, 0.05) is 19.3 Å². The van der Waals surface area contributed by atoms with E-state index < -0.39 is 0 Å². The minimum absolute atomic E-state index is 0.350. The van der Waals surface area contributed by atoms with Crippen molar-refractivity contribution in [2.45, 2.75) is 19.9 Å². The third-order valence-corrected chi connectivity index (χ3v) is 3.51. The Morgan fingerprint density at radius 1 is 1.37 bits per heavy atom. The summed E-state index contributed by atoms with van der Waals surface area (Å²) in [5.74, 6) is 1.08. The van der Waals surface area contributed by atoms with E-state index in [4.69, 9.17) is 0 Å². The first-order valence-corrected chi connectivity index (χ1v) is 6.58. The minimum atomic E-state index is -0.350. The van der Waals surface area contributed by atoms with Crippen molar-refractivity contribution < 1.29 is 4.39 Å². The highest BCUT2D eigenvalue weighted by atomic mass is 19.1. The lowest BCUT2D eigenvalue weighted by Gasteiger charge is -2.15. The van der Waals surface area contributed by atoms with Crippen LogP contribution in [0.15, 0.2) is 30.7 Å². The molecule has 0 bridgehead atoms. The zero-order valence-electron chi connectivity index (χ0n) is 11.0. The molecule has 1 unspecified atom stereocenters. The van der Waals surface area contributed by atoms with E-state index in [2.05, 4.69) is 21.9 Å². The number of nitrogens with zero attached hydrogens (tertiary/aromatic N) is 4. The fourth-order valence-electron chi connectivity index (χ4n) is 2.50. The third-order valence-electron chi connectivity index (χ3n) is 3.51. The number of halogens is 1. The highest BCUT2D eigenvalue weighted by Gasteiger charge is 2.18. The van der Waals surface area contributed by atoms with Crippen LogP contribution in [-0.4, -0.2) is 32.8 Å². The number of hydrogen-bond donors (Lipinski definition) is 0. The van der Waals surface area contributed by atoms with Gasteiger partial charge >= 0.3 is 0 Å². The topological polar surface area (TPSA) is 34.0 Å². The molecule has 1 fully saturated rings. The minimum Gasteiger partial charge on any atom is -0.299 e. The van der Waals surface area contributed by atoms with Gasteiger partial charge in [-0.3, -0.25) is 4.90 Å². The molecule has 1 aliphatic heterocycles. The molecule has 0 saturated carbocycles. The van der Waals surface area contributed by atoms with Crippen LogP contribution in [-0.2, 0) is 6.54 Å². The van der Waals surface area contributed by atoms with Crippen molar-refractivity contribution in [3.8, 4) is 5.82 Å². The van der Waals surface area contributed by atoms with E-state index >= 15 is 0 Å². The summed E-state index contributed by atoms with van der Waals surface area (Å²) >= 11 is 0. The second-order valence-corrected chi connectivity index (χ2v) is 5.26. The molecule has 0 amide bonds. The smallest absolute Gasteiger partial charge is 0.161 e. The number of rotatable bonds is 3. The molecule has 100 valence electrons. The average Bonchev–Trinajstić information content (AvgIpc) is 3.00. The molecule has 0 aromatic carbocycles. The summed E-state index contributed by atoms with van der Waals surface area (Å²) in [6.07, 6.45) is 5.63. The first kappa shape index (κ1) is 12.3. The molecule has 4 nitrogen and oxygen atoms in total. The van der Waals surface area contributed by atoms with Crippen molar-refractivity contribution in [2.75, 3.05) is 13.1 Å². The van der Waals surface area contributed by atoms with Crippen molar-refractivity contribution in [3.63, 3.8) is 0 Å². The molecule has 2 aromatic rings. The second kappa shape index (κ2) is 5.09. The predicted molar refractivity (Wildman–Crippen MR) is 70.4 cm³/mol. The van der Waals surface area contributed by atoms with Gasteiger partial charge in [-0.15, -0.1) is 0 Å². The maximum absolute atomic E-state index is 12.9. The second-order valence-electron chi connectivity index (χ2n) is 5.26. The highest BCUT2D eigenvalue weighted by Crippen LogP contribution is 2.17. The summed E-state index contributed by atoms with van der Waals surface area (Å²) in [6.45, 7) is 5.54. The van der Waals surface area contributed by atoms with Crippen LogP contribution in [0.3, 0.4) is 0 Å². The van der Waals surface area contributed by atoms with Crippen LogP contribution >= 0.6 is 0 Å². The van der Waals surface area contributed by atoms with Gasteiger partial charge in [0.1, 0.15) is 0 Å². The van der Waals surface area contributed by atoms with E-state index in [9.17, 15) is 4.39 Å². The van der Waals surface area contributed by atoms with Crippen LogP contribution in [0.25, 0.3) is 5.82 Å². The van der Waals surface area contributed by atoms with Gasteiger partial charge < -0.3 is 0 Å². The van der Waals surface area contributed by atoms with Gasteiger partial charge in [0.15, 0.2) is 11.6 Å². The highest BCUT2D eigenvalue weighted by molar-refractivity contribution is 5.24. The fraction of sp³-hybridized carbons (Fsp3) is 0.429. The van der Waals surface area contributed by atoms with Crippen LogP contribution in [0.1, 0.15) is 18.9 Å². The molecule has 0 N–H and O–H groups in total. The first-order chi connectivity index (χ1) is 9.20. The van der Waals surface area contributed by atoms with Crippen LogP contribution in [0, 0.1) is 11.7 Å². The Hall–Kier alpha value is -1.75. The molecule has 5 heteroatoms. The summed E-state index contributed by atoms with van der Waals surface area (Å²) in [5, 5.41) is 3.90. The maximum Gasteiger partial charge on any atom is 0.161 e. The summed E-state index contributed by atoms with van der Waals surface area (Å²) in [7, 11) is 0. The Morgan fingerprint density at radius 2 is 2.26 bits per heavy atom. The quantitative estimate of drug-likeness (QED) is 0.848. The molecule has 2 aromatic heterocycles. The van der Waals surface area contributed by atoms with E-state index in [1.165, 1.54) is 29.1 Å². The third kappa shape index (κ3) is 2.81. The Kier molecular flexibility index (Phi) is 3.29. The van der Waals surface area contributed by atoms with Crippen molar-refractivity contribution in [3.05, 3.63) is 42.1 Å². The normalized spacial score (nSPS) is 20.0. The Labute approximate surface area is 111 Å². The standard InChI is InChI=1S/C14H17FN4/c1-11-4-5-18(8-11)9-12-2-3-14(16-6-12)19-10-13(15)7-17-19/h2-3,6-7,10-11H,4-5,8-9H2,1H3. The maximum atomic E-state index is 12.9. The zero-order chi connectivity index (χ0) is 13.2. The first-order valence-electron chi connectivity index (χ1n) is 6.58. The van der Waals surface area contributed by atoms with Crippen LogP contribution in [0.4, 0.5) is 4.39 Å². The van der Waals surface area contributed by atoms with Gasteiger partial charge in [0.05, 0.1) is 12.4 Å². The van der Waals surface area contributed by atoms with E-state index in [1.807, 2.05) is 18.3 Å². The molecular formula is C14H17FN4. The summed E-state index contributed by atoms with van der Waals surface area (Å²) in [6, 6.07) is 3.91. The predicted octanol–water partition coefficient (Wildman–Crippen LogP) is 2.25. The van der Waals surface area contributed by atoms with E-state index in [0.29, 0.717) is 5.82 Å². The molecule has 1 atom stereocenters. The molecule has 0 spiro atoms. The molecule has 0 radical (unpaired) electrons. The van der Waals surface area contributed by atoms with E-state index in [1.54, 1.807) is 0 Å².